The van der Waals surface area contributed by atoms with Gasteiger partial charge in [-0.2, -0.15) is 0 Å². The van der Waals surface area contributed by atoms with Crippen molar-refractivity contribution >= 4 is 5.91 Å². The smallest absolute Gasteiger partial charge is 0.230 e. The van der Waals surface area contributed by atoms with Gasteiger partial charge >= 0.3 is 0 Å². The first-order valence-electron chi connectivity index (χ1n) is 5.89. The van der Waals surface area contributed by atoms with Gasteiger partial charge in [-0.1, -0.05) is 6.92 Å². The van der Waals surface area contributed by atoms with Crippen LogP contribution in [-0.2, 0) is 4.79 Å². The van der Waals surface area contributed by atoms with E-state index in [1.165, 1.54) is 0 Å². The maximum Gasteiger partial charge on any atom is 0.230 e. The molecule has 0 spiro atoms. The van der Waals surface area contributed by atoms with E-state index >= 15 is 0 Å². The van der Waals surface area contributed by atoms with E-state index in [1.54, 1.807) is 0 Å². The summed E-state index contributed by atoms with van der Waals surface area (Å²) in [5.41, 5.74) is 5.37. The van der Waals surface area contributed by atoms with E-state index in [1.807, 2.05) is 18.7 Å². The minimum absolute atomic E-state index is 0.0166. The summed E-state index contributed by atoms with van der Waals surface area (Å²) < 4.78 is 0. The van der Waals surface area contributed by atoms with E-state index in [-0.39, 0.29) is 16.9 Å². The molecule has 1 aliphatic rings. The van der Waals surface area contributed by atoms with Crippen LogP contribution >= 0.6 is 0 Å². The van der Waals surface area contributed by atoms with Crippen LogP contribution in [0.15, 0.2) is 0 Å². The van der Waals surface area contributed by atoms with Gasteiger partial charge in [0.2, 0.25) is 5.91 Å². The normalized spacial score (nSPS) is 23.9. The molecule has 1 aliphatic heterocycles. The molecule has 1 saturated heterocycles. The summed E-state index contributed by atoms with van der Waals surface area (Å²) in [6, 6.07) is 0. The minimum Gasteiger partial charge on any atom is -0.337 e. The van der Waals surface area contributed by atoms with Gasteiger partial charge in [-0.15, -0.1) is 0 Å². The molecule has 3 nitrogen and oxygen atoms in total. The Bertz CT molecular complexity index is 244. The van der Waals surface area contributed by atoms with Crippen molar-refractivity contribution in [1.82, 2.24) is 4.90 Å². The Hall–Kier alpha value is -0.570. The van der Waals surface area contributed by atoms with Gasteiger partial charge in [0.05, 0.1) is 5.41 Å². The van der Waals surface area contributed by atoms with Gasteiger partial charge in [0, 0.05) is 18.6 Å². The lowest BCUT2D eigenvalue weighted by atomic mass is 9.85. The van der Waals surface area contributed by atoms with Crippen LogP contribution in [0, 0.1) is 5.41 Å². The molecular weight excluding hydrogens is 188 g/mol. The Kier molecular flexibility index (Phi) is 3.44. The third kappa shape index (κ3) is 2.17. The summed E-state index contributed by atoms with van der Waals surface area (Å²) in [5, 5.41) is 0. The number of likely N-dealkylation sites (tertiary alicyclic amines) is 1. The van der Waals surface area contributed by atoms with Gasteiger partial charge in [0.1, 0.15) is 0 Å². The second-order valence-corrected chi connectivity index (χ2v) is 5.49. The highest BCUT2D eigenvalue weighted by atomic mass is 16.2. The molecule has 0 saturated carbocycles. The first-order valence-corrected chi connectivity index (χ1v) is 5.89. The van der Waals surface area contributed by atoms with Crippen LogP contribution in [0.2, 0.25) is 0 Å². The molecule has 1 fully saturated rings. The molecule has 1 atom stereocenters. The maximum absolute atomic E-state index is 12.4. The topological polar surface area (TPSA) is 46.3 Å². The van der Waals surface area contributed by atoms with Crippen molar-refractivity contribution in [2.24, 2.45) is 11.1 Å². The van der Waals surface area contributed by atoms with Gasteiger partial charge < -0.3 is 10.6 Å². The van der Waals surface area contributed by atoms with E-state index in [2.05, 4.69) is 13.8 Å². The van der Waals surface area contributed by atoms with Crippen LogP contribution in [0.4, 0.5) is 0 Å². The zero-order chi connectivity index (χ0) is 11.7. The monoisotopic (exact) mass is 212 g/mol. The number of nitrogens with two attached hydrogens (primary N) is 1. The van der Waals surface area contributed by atoms with Crippen LogP contribution in [-0.4, -0.2) is 29.4 Å². The van der Waals surface area contributed by atoms with E-state index in [0.717, 1.165) is 25.8 Å². The quantitative estimate of drug-likeness (QED) is 0.775. The number of carbonyl (C=O) groups is 1. The Morgan fingerprint density at radius 3 is 2.47 bits per heavy atom. The van der Waals surface area contributed by atoms with Crippen molar-refractivity contribution in [3.05, 3.63) is 0 Å². The Morgan fingerprint density at radius 1 is 1.53 bits per heavy atom. The van der Waals surface area contributed by atoms with Gasteiger partial charge in [-0.3, -0.25) is 4.79 Å². The molecule has 88 valence electrons. The third-order valence-electron chi connectivity index (χ3n) is 3.89. The number of hydrogen-bond acceptors (Lipinski definition) is 2. The predicted molar refractivity (Wildman–Crippen MR) is 62.5 cm³/mol. The average Bonchev–Trinajstić information content (AvgIpc) is 2.55. The first-order chi connectivity index (χ1) is 6.87. The SMILES string of the molecule is CCC(C)(CN)C(=O)N1CCCC1(C)C. The van der Waals surface area contributed by atoms with Crippen LogP contribution in [0.5, 0.6) is 0 Å². The summed E-state index contributed by atoms with van der Waals surface area (Å²) in [4.78, 5) is 14.4. The van der Waals surface area contributed by atoms with Crippen LogP contribution < -0.4 is 5.73 Å². The summed E-state index contributed by atoms with van der Waals surface area (Å²) in [5.74, 6) is 0.231. The van der Waals surface area contributed by atoms with Gasteiger partial charge in [-0.05, 0) is 40.0 Å². The Labute approximate surface area is 93.0 Å². The predicted octanol–water partition coefficient (Wildman–Crippen LogP) is 1.76. The Morgan fingerprint density at radius 2 is 2.13 bits per heavy atom. The molecule has 0 radical (unpaired) electrons. The van der Waals surface area contributed by atoms with Crippen molar-refractivity contribution in [2.75, 3.05) is 13.1 Å². The van der Waals surface area contributed by atoms with E-state index in [4.69, 9.17) is 5.73 Å². The molecule has 0 aliphatic carbocycles. The zero-order valence-corrected chi connectivity index (χ0v) is 10.5. The van der Waals surface area contributed by atoms with Crippen molar-refractivity contribution in [2.45, 2.75) is 52.5 Å². The van der Waals surface area contributed by atoms with Crippen LogP contribution in [0.3, 0.4) is 0 Å². The van der Waals surface area contributed by atoms with Gasteiger partial charge in [0.25, 0.3) is 0 Å². The minimum atomic E-state index is -0.373. The number of nitrogens with zero attached hydrogens (tertiary/aromatic N) is 1. The van der Waals surface area contributed by atoms with Crippen LogP contribution in [0.1, 0.15) is 47.0 Å². The molecule has 1 amide bonds. The first kappa shape index (κ1) is 12.5. The van der Waals surface area contributed by atoms with Crippen molar-refractivity contribution < 1.29 is 4.79 Å². The number of carbonyl (C=O) groups excluding carboxylic acids is 1. The molecule has 0 bridgehead atoms. The largest absolute Gasteiger partial charge is 0.337 e. The van der Waals surface area contributed by atoms with E-state index in [9.17, 15) is 4.79 Å². The second-order valence-electron chi connectivity index (χ2n) is 5.49. The van der Waals surface area contributed by atoms with Crippen molar-refractivity contribution in [1.29, 1.82) is 0 Å². The molecule has 1 rings (SSSR count). The standard InChI is InChI=1S/C12H24N2O/c1-5-12(4,9-13)10(15)14-8-6-7-11(14,2)3/h5-9,13H2,1-4H3. The zero-order valence-electron chi connectivity index (χ0n) is 10.5. The van der Waals surface area contributed by atoms with Crippen LogP contribution in [0.25, 0.3) is 0 Å². The fourth-order valence-electron chi connectivity index (χ4n) is 2.19. The molecule has 0 aromatic heterocycles. The number of rotatable bonds is 3. The summed E-state index contributed by atoms with van der Waals surface area (Å²) in [6.07, 6.45) is 3.03. The number of hydrogen-bond donors (Lipinski definition) is 1. The highest BCUT2D eigenvalue weighted by molar-refractivity contribution is 5.83. The van der Waals surface area contributed by atoms with Crippen molar-refractivity contribution in [3.63, 3.8) is 0 Å². The molecular formula is C12H24N2O. The molecule has 1 unspecified atom stereocenters. The molecule has 3 heteroatoms. The summed E-state index contributed by atoms with van der Waals surface area (Å²) >= 11 is 0. The summed E-state index contributed by atoms with van der Waals surface area (Å²) in [7, 11) is 0. The fraction of sp³-hybridized carbons (Fsp3) is 0.917. The van der Waals surface area contributed by atoms with E-state index in [0.29, 0.717) is 6.54 Å². The lowest BCUT2D eigenvalue weighted by Gasteiger charge is -2.38. The Balaban J connectivity index is 2.84. The highest BCUT2D eigenvalue weighted by Crippen LogP contribution is 2.33. The lowest BCUT2D eigenvalue weighted by Crippen LogP contribution is -2.51. The second kappa shape index (κ2) is 4.12. The lowest BCUT2D eigenvalue weighted by molar-refractivity contribution is -0.144. The maximum atomic E-state index is 12.4. The summed E-state index contributed by atoms with van der Waals surface area (Å²) in [6.45, 7) is 9.63. The number of amides is 1. The fourth-order valence-corrected chi connectivity index (χ4v) is 2.19. The van der Waals surface area contributed by atoms with E-state index < -0.39 is 0 Å². The molecule has 0 aromatic rings. The molecule has 1 heterocycles. The molecule has 2 N–H and O–H groups in total. The molecule has 15 heavy (non-hydrogen) atoms. The van der Waals surface area contributed by atoms with Gasteiger partial charge in [0.15, 0.2) is 0 Å². The average molecular weight is 212 g/mol. The van der Waals surface area contributed by atoms with Crippen molar-refractivity contribution in [3.8, 4) is 0 Å². The molecule has 0 aromatic carbocycles. The highest BCUT2D eigenvalue weighted by Gasteiger charge is 2.42. The third-order valence-corrected chi connectivity index (χ3v) is 3.89. The van der Waals surface area contributed by atoms with Gasteiger partial charge in [-0.25, -0.2) is 0 Å².